The minimum absolute atomic E-state index is 0.594. The van der Waals surface area contributed by atoms with Crippen LogP contribution < -0.4 is 0 Å². The molecule has 1 aromatic heterocycles. The predicted octanol–water partition coefficient (Wildman–Crippen LogP) is 2.55. The Morgan fingerprint density at radius 1 is 1.36 bits per heavy atom. The van der Waals surface area contributed by atoms with Crippen molar-refractivity contribution in [3.63, 3.8) is 0 Å². The molecule has 76 valence electrons. The molecule has 0 aliphatic carbocycles. The number of piperidine rings is 1. The number of aromatic nitrogens is 1. The van der Waals surface area contributed by atoms with Crippen molar-refractivity contribution < 1.29 is 0 Å². The van der Waals surface area contributed by atoms with E-state index < -0.39 is 0 Å². The number of hydrogen-bond acceptors (Lipinski definition) is 2. The Balaban J connectivity index is 2.16. The summed E-state index contributed by atoms with van der Waals surface area (Å²) in [5.41, 5.74) is 2.48. The summed E-state index contributed by atoms with van der Waals surface area (Å²) in [6.07, 6.45) is 6.00. The van der Waals surface area contributed by atoms with Crippen LogP contribution in [0.4, 0.5) is 0 Å². The maximum Gasteiger partial charge on any atom is 0.0372 e. The van der Waals surface area contributed by atoms with Gasteiger partial charge in [-0.1, -0.05) is 12.5 Å². The quantitative estimate of drug-likeness (QED) is 0.676. The summed E-state index contributed by atoms with van der Waals surface area (Å²) in [7, 11) is 2.21. The Morgan fingerprint density at radius 3 is 2.86 bits per heavy atom. The highest BCUT2D eigenvalue weighted by Gasteiger charge is 2.20. The van der Waals surface area contributed by atoms with E-state index in [-0.39, 0.29) is 0 Å². The first kappa shape index (κ1) is 9.66. The molecule has 1 aliphatic rings. The Bertz CT molecular complexity index is 292. The lowest BCUT2D eigenvalue weighted by molar-refractivity contribution is 0.187. The third-order valence-corrected chi connectivity index (χ3v) is 3.09. The standard InChI is InChI=1S/C12H18N2/c1-10-6-7-11(9-13-10)12-5-3-4-8-14(12)2/h6-7,9,12H,3-5,8H2,1-2H3/t12-/m1/s1. The molecule has 0 amide bonds. The van der Waals surface area contributed by atoms with Crippen LogP contribution in [0.5, 0.6) is 0 Å². The highest BCUT2D eigenvalue weighted by molar-refractivity contribution is 5.17. The molecule has 0 N–H and O–H groups in total. The van der Waals surface area contributed by atoms with Crippen molar-refractivity contribution in [2.75, 3.05) is 13.6 Å². The molecule has 2 rings (SSSR count). The molecule has 2 nitrogen and oxygen atoms in total. The summed E-state index contributed by atoms with van der Waals surface area (Å²) in [6.45, 7) is 3.26. The number of rotatable bonds is 1. The van der Waals surface area contributed by atoms with E-state index in [2.05, 4.69) is 29.1 Å². The molecule has 0 spiro atoms. The Labute approximate surface area is 86.0 Å². The number of likely N-dealkylation sites (tertiary alicyclic amines) is 1. The number of nitrogens with zero attached hydrogens (tertiary/aromatic N) is 2. The fraction of sp³-hybridized carbons (Fsp3) is 0.583. The average molecular weight is 190 g/mol. The van der Waals surface area contributed by atoms with Crippen LogP contribution >= 0.6 is 0 Å². The third kappa shape index (κ3) is 1.95. The second-order valence-electron chi connectivity index (χ2n) is 4.23. The third-order valence-electron chi connectivity index (χ3n) is 3.09. The highest BCUT2D eigenvalue weighted by Crippen LogP contribution is 2.28. The van der Waals surface area contributed by atoms with Crippen molar-refractivity contribution >= 4 is 0 Å². The summed E-state index contributed by atoms with van der Waals surface area (Å²) >= 11 is 0. The molecule has 0 bridgehead atoms. The van der Waals surface area contributed by atoms with E-state index in [9.17, 15) is 0 Å². The SMILES string of the molecule is Cc1ccc([C@H]2CCCCN2C)cn1. The molecule has 0 saturated carbocycles. The van der Waals surface area contributed by atoms with Gasteiger partial charge in [0.2, 0.25) is 0 Å². The van der Waals surface area contributed by atoms with Crippen LogP contribution in [0.1, 0.15) is 36.6 Å². The first-order chi connectivity index (χ1) is 6.77. The molecule has 1 aromatic rings. The minimum Gasteiger partial charge on any atom is -0.299 e. The first-order valence-electron chi connectivity index (χ1n) is 5.40. The molecule has 2 heterocycles. The largest absolute Gasteiger partial charge is 0.299 e. The van der Waals surface area contributed by atoms with Crippen LogP contribution in [0.25, 0.3) is 0 Å². The van der Waals surface area contributed by atoms with E-state index in [1.807, 2.05) is 13.1 Å². The summed E-state index contributed by atoms with van der Waals surface area (Å²) < 4.78 is 0. The lowest BCUT2D eigenvalue weighted by atomic mass is 9.97. The molecule has 2 heteroatoms. The monoisotopic (exact) mass is 190 g/mol. The fourth-order valence-corrected chi connectivity index (χ4v) is 2.17. The van der Waals surface area contributed by atoms with Crippen molar-refractivity contribution in [2.45, 2.75) is 32.2 Å². The van der Waals surface area contributed by atoms with Gasteiger partial charge in [0, 0.05) is 17.9 Å². The van der Waals surface area contributed by atoms with Crippen molar-refractivity contribution in [1.29, 1.82) is 0 Å². The molecule has 0 radical (unpaired) electrons. The van der Waals surface area contributed by atoms with Gasteiger partial charge < -0.3 is 0 Å². The maximum absolute atomic E-state index is 4.36. The minimum atomic E-state index is 0.594. The smallest absolute Gasteiger partial charge is 0.0372 e. The van der Waals surface area contributed by atoms with Gasteiger partial charge in [-0.2, -0.15) is 0 Å². The van der Waals surface area contributed by atoms with Gasteiger partial charge in [0.25, 0.3) is 0 Å². The summed E-state index contributed by atoms with van der Waals surface area (Å²) in [4.78, 5) is 6.80. The molecule has 0 unspecified atom stereocenters. The molecule has 1 aliphatic heterocycles. The van der Waals surface area contributed by atoms with E-state index in [0.29, 0.717) is 6.04 Å². The average Bonchev–Trinajstić information content (AvgIpc) is 2.20. The molecular formula is C12H18N2. The Morgan fingerprint density at radius 2 is 2.21 bits per heavy atom. The Hall–Kier alpha value is -0.890. The molecule has 14 heavy (non-hydrogen) atoms. The van der Waals surface area contributed by atoms with Crippen LogP contribution in [0.3, 0.4) is 0 Å². The lowest BCUT2D eigenvalue weighted by Gasteiger charge is -2.32. The van der Waals surface area contributed by atoms with Crippen molar-refractivity contribution in [3.05, 3.63) is 29.6 Å². The first-order valence-corrected chi connectivity index (χ1v) is 5.40. The van der Waals surface area contributed by atoms with Gasteiger partial charge in [0.1, 0.15) is 0 Å². The number of aryl methyl sites for hydroxylation is 1. The van der Waals surface area contributed by atoms with Gasteiger partial charge in [0.15, 0.2) is 0 Å². The van der Waals surface area contributed by atoms with Crippen molar-refractivity contribution in [1.82, 2.24) is 9.88 Å². The molecule has 0 aromatic carbocycles. The van der Waals surface area contributed by atoms with Crippen LogP contribution in [0.2, 0.25) is 0 Å². The van der Waals surface area contributed by atoms with Gasteiger partial charge in [-0.15, -0.1) is 0 Å². The predicted molar refractivity (Wildman–Crippen MR) is 58.2 cm³/mol. The van der Waals surface area contributed by atoms with Gasteiger partial charge >= 0.3 is 0 Å². The zero-order chi connectivity index (χ0) is 9.97. The lowest BCUT2D eigenvalue weighted by Crippen LogP contribution is -2.29. The van der Waals surface area contributed by atoms with Crippen molar-refractivity contribution in [3.8, 4) is 0 Å². The van der Waals surface area contributed by atoms with E-state index in [4.69, 9.17) is 0 Å². The summed E-state index contributed by atoms with van der Waals surface area (Å²) in [5.74, 6) is 0. The van der Waals surface area contributed by atoms with Gasteiger partial charge in [-0.05, 0) is 45.0 Å². The zero-order valence-electron chi connectivity index (χ0n) is 9.03. The van der Waals surface area contributed by atoms with Crippen LogP contribution in [-0.4, -0.2) is 23.5 Å². The molecule has 1 saturated heterocycles. The van der Waals surface area contributed by atoms with E-state index in [0.717, 1.165) is 5.69 Å². The van der Waals surface area contributed by atoms with Crippen LogP contribution in [0, 0.1) is 6.92 Å². The van der Waals surface area contributed by atoms with Gasteiger partial charge in [-0.3, -0.25) is 9.88 Å². The normalized spacial score (nSPS) is 23.7. The zero-order valence-corrected chi connectivity index (χ0v) is 9.03. The highest BCUT2D eigenvalue weighted by atomic mass is 15.1. The molecule has 1 fully saturated rings. The number of pyridine rings is 1. The van der Waals surface area contributed by atoms with Gasteiger partial charge in [-0.25, -0.2) is 0 Å². The van der Waals surface area contributed by atoms with Crippen molar-refractivity contribution in [2.24, 2.45) is 0 Å². The molecular weight excluding hydrogens is 172 g/mol. The van der Waals surface area contributed by atoms with Crippen LogP contribution in [0.15, 0.2) is 18.3 Å². The second kappa shape index (κ2) is 4.09. The van der Waals surface area contributed by atoms with E-state index in [1.54, 1.807) is 0 Å². The maximum atomic E-state index is 4.36. The second-order valence-corrected chi connectivity index (χ2v) is 4.23. The Kier molecular flexibility index (Phi) is 2.82. The summed E-state index contributed by atoms with van der Waals surface area (Å²) in [5, 5.41) is 0. The van der Waals surface area contributed by atoms with Crippen LogP contribution in [-0.2, 0) is 0 Å². The summed E-state index contributed by atoms with van der Waals surface area (Å²) in [6, 6.07) is 4.92. The number of hydrogen-bond donors (Lipinski definition) is 0. The van der Waals surface area contributed by atoms with E-state index >= 15 is 0 Å². The van der Waals surface area contributed by atoms with E-state index in [1.165, 1.54) is 31.4 Å². The topological polar surface area (TPSA) is 16.1 Å². The van der Waals surface area contributed by atoms with Gasteiger partial charge in [0.05, 0.1) is 0 Å². The molecule has 1 atom stereocenters. The fourth-order valence-electron chi connectivity index (χ4n) is 2.17.